The van der Waals surface area contributed by atoms with Crippen LogP contribution in [0.4, 0.5) is 13.2 Å². The molecule has 25 heavy (non-hydrogen) atoms. The number of carbonyl (C=O) groups excluding carboxylic acids is 1. The lowest BCUT2D eigenvalue weighted by Gasteiger charge is -2.49. The molecule has 0 radical (unpaired) electrons. The predicted octanol–water partition coefficient (Wildman–Crippen LogP) is 2.74. The van der Waals surface area contributed by atoms with E-state index in [1.165, 1.54) is 12.8 Å². The lowest BCUT2D eigenvalue weighted by Crippen LogP contribution is -2.61. The molecule has 0 unspecified atom stereocenters. The number of likely N-dealkylation sites (tertiary alicyclic amines) is 1. The van der Waals surface area contributed by atoms with Crippen molar-refractivity contribution >= 4 is 5.91 Å². The Hall–Kier alpha value is -0.820. The zero-order chi connectivity index (χ0) is 18.1. The number of alkyl halides is 3. The molecule has 3 aliphatic rings. The SMILES string of the molecule is CN1CCN(CCCC(F)(F)F)C[C@]12CCC(=O)N(CC1CC1)CC2. The molecule has 0 aromatic rings. The van der Waals surface area contributed by atoms with E-state index in [0.717, 1.165) is 45.6 Å². The number of amides is 1. The maximum atomic E-state index is 12.4. The van der Waals surface area contributed by atoms with Gasteiger partial charge < -0.3 is 9.80 Å². The van der Waals surface area contributed by atoms with Crippen molar-refractivity contribution in [3.63, 3.8) is 0 Å². The van der Waals surface area contributed by atoms with Gasteiger partial charge in [0, 0.05) is 51.1 Å². The average Bonchev–Trinajstić information content (AvgIpc) is 3.35. The predicted molar refractivity (Wildman–Crippen MR) is 90.2 cm³/mol. The Kier molecular flexibility index (Phi) is 5.63. The van der Waals surface area contributed by atoms with E-state index in [4.69, 9.17) is 0 Å². The van der Waals surface area contributed by atoms with E-state index in [0.29, 0.717) is 18.9 Å². The average molecular weight is 361 g/mol. The molecule has 7 heteroatoms. The van der Waals surface area contributed by atoms with Crippen LogP contribution in [0.1, 0.15) is 44.9 Å². The Morgan fingerprint density at radius 1 is 1.16 bits per heavy atom. The van der Waals surface area contributed by atoms with Gasteiger partial charge in [-0.15, -0.1) is 0 Å². The van der Waals surface area contributed by atoms with Crippen LogP contribution in [0.5, 0.6) is 0 Å². The maximum absolute atomic E-state index is 12.4. The summed E-state index contributed by atoms with van der Waals surface area (Å²) >= 11 is 0. The second kappa shape index (κ2) is 7.43. The van der Waals surface area contributed by atoms with Crippen LogP contribution in [-0.4, -0.2) is 78.6 Å². The summed E-state index contributed by atoms with van der Waals surface area (Å²) in [5.74, 6) is 0.951. The molecule has 1 saturated carbocycles. The molecule has 144 valence electrons. The molecule has 3 fully saturated rings. The van der Waals surface area contributed by atoms with Gasteiger partial charge in [0.25, 0.3) is 0 Å². The first-order valence-corrected chi connectivity index (χ1v) is 9.56. The number of nitrogens with zero attached hydrogens (tertiary/aromatic N) is 3. The molecule has 1 amide bonds. The maximum Gasteiger partial charge on any atom is 0.389 e. The molecule has 2 heterocycles. The summed E-state index contributed by atoms with van der Waals surface area (Å²) in [4.78, 5) is 19.0. The van der Waals surface area contributed by atoms with E-state index in [1.54, 1.807) is 0 Å². The number of piperazine rings is 1. The van der Waals surface area contributed by atoms with E-state index in [-0.39, 0.29) is 17.9 Å². The minimum absolute atomic E-state index is 0.0650. The summed E-state index contributed by atoms with van der Waals surface area (Å²) in [6.45, 7) is 4.64. The summed E-state index contributed by atoms with van der Waals surface area (Å²) in [5, 5.41) is 0. The van der Waals surface area contributed by atoms with E-state index in [2.05, 4.69) is 16.8 Å². The molecule has 2 saturated heterocycles. The fraction of sp³-hybridized carbons (Fsp3) is 0.944. The Morgan fingerprint density at radius 2 is 1.92 bits per heavy atom. The highest BCUT2D eigenvalue weighted by Crippen LogP contribution is 2.35. The molecule has 3 rings (SSSR count). The van der Waals surface area contributed by atoms with Crippen LogP contribution in [0.15, 0.2) is 0 Å². The van der Waals surface area contributed by atoms with Crippen molar-refractivity contribution in [3.8, 4) is 0 Å². The van der Waals surface area contributed by atoms with Crippen LogP contribution < -0.4 is 0 Å². The smallest absolute Gasteiger partial charge is 0.342 e. The first kappa shape index (κ1) is 19.0. The molecule has 0 bridgehead atoms. The molecule has 4 nitrogen and oxygen atoms in total. The van der Waals surface area contributed by atoms with Gasteiger partial charge in [0.15, 0.2) is 0 Å². The molecule has 0 N–H and O–H groups in total. The molecule has 2 aliphatic heterocycles. The first-order valence-electron chi connectivity index (χ1n) is 9.56. The van der Waals surface area contributed by atoms with Gasteiger partial charge in [-0.3, -0.25) is 9.69 Å². The van der Waals surface area contributed by atoms with Crippen molar-refractivity contribution in [2.45, 2.75) is 56.7 Å². The molecule has 1 aliphatic carbocycles. The van der Waals surface area contributed by atoms with Gasteiger partial charge in [-0.2, -0.15) is 13.2 Å². The van der Waals surface area contributed by atoms with E-state index < -0.39 is 12.6 Å². The van der Waals surface area contributed by atoms with Crippen molar-refractivity contribution in [1.82, 2.24) is 14.7 Å². The second-order valence-corrected chi connectivity index (χ2v) is 8.17. The Balaban J connectivity index is 1.57. The van der Waals surface area contributed by atoms with E-state index >= 15 is 0 Å². The quantitative estimate of drug-likeness (QED) is 0.753. The normalized spacial score (nSPS) is 30.1. The van der Waals surface area contributed by atoms with E-state index in [1.807, 2.05) is 4.90 Å². The second-order valence-electron chi connectivity index (χ2n) is 8.17. The Labute approximate surface area is 148 Å². The lowest BCUT2D eigenvalue weighted by atomic mass is 9.86. The summed E-state index contributed by atoms with van der Waals surface area (Å²) in [5.41, 5.74) is -0.0650. The van der Waals surface area contributed by atoms with Gasteiger partial charge in [-0.1, -0.05) is 0 Å². The zero-order valence-electron chi connectivity index (χ0n) is 15.2. The molecule has 1 spiro atoms. The van der Waals surface area contributed by atoms with Gasteiger partial charge in [-0.25, -0.2) is 0 Å². The van der Waals surface area contributed by atoms with Crippen molar-refractivity contribution in [2.24, 2.45) is 5.92 Å². The van der Waals surface area contributed by atoms with Crippen molar-refractivity contribution < 1.29 is 18.0 Å². The Bertz CT molecular complexity index is 481. The zero-order valence-corrected chi connectivity index (χ0v) is 15.2. The summed E-state index contributed by atoms with van der Waals surface area (Å²) in [7, 11) is 2.11. The van der Waals surface area contributed by atoms with Crippen LogP contribution in [0.2, 0.25) is 0 Å². The standard InChI is InChI=1S/C18H30F3N3O/c1-22-11-12-23(9-2-6-18(19,20)21)14-17(22)7-5-16(25)24(10-8-17)13-15-3-4-15/h15H,2-14H2,1H3/t17-/m1/s1. The Morgan fingerprint density at radius 3 is 2.60 bits per heavy atom. The summed E-state index contributed by atoms with van der Waals surface area (Å²) in [6, 6.07) is 0. The van der Waals surface area contributed by atoms with Crippen LogP contribution in [0, 0.1) is 5.92 Å². The summed E-state index contributed by atoms with van der Waals surface area (Å²) in [6.07, 6.45) is 0.173. The minimum Gasteiger partial charge on any atom is -0.342 e. The number of halogens is 3. The fourth-order valence-electron chi connectivity index (χ4n) is 4.27. The van der Waals surface area contributed by atoms with Crippen LogP contribution >= 0.6 is 0 Å². The monoisotopic (exact) mass is 361 g/mol. The van der Waals surface area contributed by atoms with Gasteiger partial charge in [0.1, 0.15) is 0 Å². The molecular formula is C18H30F3N3O. The fourth-order valence-corrected chi connectivity index (χ4v) is 4.27. The number of rotatable bonds is 5. The van der Waals surface area contributed by atoms with Crippen molar-refractivity contribution in [3.05, 3.63) is 0 Å². The van der Waals surface area contributed by atoms with E-state index in [9.17, 15) is 18.0 Å². The van der Waals surface area contributed by atoms with Gasteiger partial charge in [0.05, 0.1) is 0 Å². The van der Waals surface area contributed by atoms with Gasteiger partial charge >= 0.3 is 6.18 Å². The summed E-state index contributed by atoms with van der Waals surface area (Å²) < 4.78 is 37.2. The number of hydrogen-bond donors (Lipinski definition) is 0. The van der Waals surface area contributed by atoms with Crippen LogP contribution in [-0.2, 0) is 4.79 Å². The number of hydrogen-bond acceptors (Lipinski definition) is 3. The van der Waals surface area contributed by atoms with Crippen molar-refractivity contribution in [2.75, 3.05) is 46.3 Å². The highest BCUT2D eigenvalue weighted by atomic mass is 19.4. The molecular weight excluding hydrogens is 331 g/mol. The lowest BCUT2D eigenvalue weighted by molar-refractivity contribution is -0.137. The largest absolute Gasteiger partial charge is 0.389 e. The highest BCUT2D eigenvalue weighted by molar-refractivity contribution is 5.76. The van der Waals surface area contributed by atoms with Gasteiger partial charge in [0.2, 0.25) is 5.91 Å². The van der Waals surface area contributed by atoms with Gasteiger partial charge in [-0.05, 0) is 51.6 Å². The number of likely N-dealkylation sites (N-methyl/N-ethyl adjacent to an activating group) is 1. The highest BCUT2D eigenvalue weighted by Gasteiger charge is 2.42. The third kappa shape index (κ3) is 5.09. The minimum atomic E-state index is -4.07. The molecule has 1 atom stereocenters. The van der Waals surface area contributed by atoms with Crippen LogP contribution in [0.3, 0.4) is 0 Å². The molecule has 0 aromatic carbocycles. The van der Waals surface area contributed by atoms with Crippen molar-refractivity contribution in [1.29, 1.82) is 0 Å². The van der Waals surface area contributed by atoms with Crippen LogP contribution in [0.25, 0.3) is 0 Å². The molecule has 0 aromatic heterocycles. The topological polar surface area (TPSA) is 26.8 Å². The third-order valence-electron chi connectivity index (χ3n) is 6.19. The third-order valence-corrected chi connectivity index (χ3v) is 6.19. The first-order chi connectivity index (χ1) is 11.8. The number of carbonyl (C=O) groups is 1.